The number of aryl methyl sites for hydroxylation is 2. The lowest BCUT2D eigenvalue weighted by molar-refractivity contribution is -0.160. The monoisotopic (exact) mass is 536 g/mol. The first-order valence-corrected chi connectivity index (χ1v) is 14.3. The van der Waals surface area contributed by atoms with E-state index in [4.69, 9.17) is 9.47 Å². The summed E-state index contributed by atoms with van der Waals surface area (Å²) >= 11 is 0. The highest BCUT2D eigenvalue weighted by molar-refractivity contribution is 6.06. The number of rotatable bonds is 6. The van der Waals surface area contributed by atoms with Crippen molar-refractivity contribution in [1.82, 2.24) is 4.90 Å². The lowest BCUT2D eigenvalue weighted by atomic mass is 9.73. The third kappa shape index (κ3) is 4.51. The molecule has 210 valence electrons. The van der Waals surface area contributed by atoms with E-state index in [9.17, 15) is 19.5 Å². The molecule has 8 heteroatoms. The third-order valence-corrected chi connectivity index (χ3v) is 8.85. The second kappa shape index (κ2) is 10.9. The van der Waals surface area contributed by atoms with Gasteiger partial charge in [-0.1, -0.05) is 43.4 Å². The molecule has 2 fully saturated rings. The summed E-state index contributed by atoms with van der Waals surface area (Å²) in [5, 5.41) is 9.42. The number of likely N-dealkylation sites (tertiary alicyclic amines) is 1. The standard InChI is InChI=1S/C31H40N2O6/c1-4-30-14-7-5-6-10-19-38-29(37)25(30)24-27(35)33(16-8-9-18-34)26-28(36)32(17-11-15-31(24,26)39-30)23-20-21(2)12-13-22(23)3/h7,11-15,20,24-26,34H,4-6,8-10,16-19H2,1-3H3/b14-7-/t24-,25+,26?,30-,31-/m0/s1. The van der Waals surface area contributed by atoms with Gasteiger partial charge in [0.1, 0.15) is 23.2 Å². The number of amides is 2. The summed E-state index contributed by atoms with van der Waals surface area (Å²) in [6.45, 7) is 6.85. The van der Waals surface area contributed by atoms with Gasteiger partial charge in [0.25, 0.3) is 5.91 Å². The molecular formula is C31H40N2O6. The number of benzene rings is 1. The summed E-state index contributed by atoms with van der Waals surface area (Å²) in [5.41, 5.74) is 0.437. The number of nitrogens with zero attached hydrogens (tertiary/aromatic N) is 2. The fourth-order valence-electron chi connectivity index (χ4n) is 6.90. The van der Waals surface area contributed by atoms with Gasteiger partial charge in [0.2, 0.25) is 5.91 Å². The number of fused-ring (bicyclic) bond motifs is 2. The average Bonchev–Trinajstić information content (AvgIpc) is 3.27. The number of aliphatic hydroxyl groups is 1. The number of hydrogen-bond donors (Lipinski definition) is 1. The summed E-state index contributed by atoms with van der Waals surface area (Å²) < 4.78 is 12.7. The van der Waals surface area contributed by atoms with Gasteiger partial charge in [0.05, 0.1) is 12.5 Å². The molecular weight excluding hydrogens is 496 g/mol. The maximum absolute atomic E-state index is 14.6. The normalized spacial score (nSPS) is 33.3. The van der Waals surface area contributed by atoms with Crippen LogP contribution in [0.3, 0.4) is 0 Å². The molecule has 39 heavy (non-hydrogen) atoms. The van der Waals surface area contributed by atoms with Crippen LogP contribution in [0.2, 0.25) is 0 Å². The average molecular weight is 537 g/mol. The molecule has 0 aliphatic carbocycles. The highest BCUT2D eigenvalue weighted by Crippen LogP contribution is 2.58. The zero-order valence-corrected chi connectivity index (χ0v) is 23.2. The summed E-state index contributed by atoms with van der Waals surface area (Å²) in [5.74, 6) is -2.67. The number of ether oxygens (including phenoxy) is 2. The molecule has 1 aromatic carbocycles. The van der Waals surface area contributed by atoms with Gasteiger partial charge in [0.15, 0.2) is 0 Å². The molecule has 1 aromatic rings. The van der Waals surface area contributed by atoms with Crippen LogP contribution in [-0.4, -0.2) is 71.3 Å². The minimum atomic E-state index is -1.31. The molecule has 0 aromatic heterocycles. The SMILES string of the molecule is CC[C@]12/C=C\CCCCOC(=O)[C@H]1[C@H]1C(=O)N(CCCCO)C3C(=O)N(c4cc(C)ccc4C)CC=C[C@@]31O2. The molecule has 1 unspecified atom stereocenters. The summed E-state index contributed by atoms with van der Waals surface area (Å²) in [7, 11) is 0. The molecule has 0 bridgehead atoms. The van der Waals surface area contributed by atoms with Gasteiger partial charge in [-0.3, -0.25) is 14.4 Å². The first-order chi connectivity index (χ1) is 18.8. The molecule has 5 rings (SSSR count). The van der Waals surface area contributed by atoms with Crippen LogP contribution < -0.4 is 4.90 Å². The molecule has 4 heterocycles. The number of aliphatic hydroxyl groups excluding tert-OH is 1. The fraction of sp³-hybridized carbons (Fsp3) is 0.581. The first kappa shape index (κ1) is 27.6. The number of cyclic esters (lactones) is 1. The van der Waals surface area contributed by atoms with Crippen molar-refractivity contribution in [1.29, 1.82) is 0 Å². The van der Waals surface area contributed by atoms with Gasteiger partial charge < -0.3 is 24.4 Å². The van der Waals surface area contributed by atoms with E-state index < -0.39 is 35.0 Å². The van der Waals surface area contributed by atoms with Crippen LogP contribution >= 0.6 is 0 Å². The zero-order valence-electron chi connectivity index (χ0n) is 23.2. The van der Waals surface area contributed by atoms with E-state index in [1.54, 1.807) is 9.80 Å². The molecule has 2 saturated heterocycles. The minimum Gasteiger partial charge on any atom is -0.465 e. The molecule has 4 aliphatic rings. The van der Waals surface area contributed by atoms with E-state index in [0.717, 1.165) is 36.1 Å². The Balaban J connectivity index is 1.65. The van der Waals surface area contributed by atoms with Gasteiger partial charge in [-0.2, -0.15) is 0 Å². The second-order valence-corrected chi connectivity index (χ2v) is 11.3. The van der Waals surface area contributed by atoms with Crippen LogP contribution in [0.4, 0.5) is 5.69 Å². The van der Waals surface area contributed by atoms with Gasteiger partial charge >= 0.3 is 5.97 Å². The van der Waals surface area contributed by atoms with Crippen molar-refractivity contribution >= 4 is 23.5 Å². The number of allylic oxidation sites excluding steroid dienone is 1. The topological polar surface area (TPSA) is 96.4 Å². The van der Waals surface area contributed by atoms with E-state index in [0.29, 0.717) is 39.0 Å². The van der Waals surface area contributed by atoms with Crippen molar-refractivity contribution in [2.45, 2.75) is 76.5 Å². The van der Waals surface area contributed by atoms with Gasteiger partial charge in [-0.25, -0.2) is 0 Å². The predicted molar refractivity (Wildman–Crippen MR) is 147 cm³/mol. The van der Waals surface area contributed by atoms with Crippen LogP contribution in [0.1, 0.15) is 56.6 Å². The van der Waals surface area contributed by atoms with Crippen molar-refractivity contribution in [2.75, 3.05) is 31.2 Å². The quantitative estimate of drug-likeness (QED) is 0.339. The number of hydrogen-bond acceptors (Lipinski definition) is 6. The van der Waals surface area contributed by atoms with E-state index in [1.807, 2.05) is 57.2 Å². The molecule has 4 aliphatic heterocycles. The maximum Gasteiger partial charge on any atom is 0.313 e. The summed E-state index contributed by atoms with van der Waals surface area (Å²) in [6.07, 6.45) is 11.8. The Bertz CT molecular complexity index is 1190. The largest absolute Gasteiger partial charge is 0.465 e. The van der Waals surface area contributed by atoms with E-state index in [2.05, 4.69) is 6.08 Å². The predicted octanol–water partition coefficient (Wildman–Crippen LogP) is 3.62. The molecule has 1 spiro atoms. The molecule has 5 atom stereocenters. The molecule has 0 radical (unpaired) electrons. The van der Waals surface area contributed by atoms with E-state index in [1.165, 1.54) is 0 Å². The maximum atomic E-state index is 14.6. The number of esters is 1. The Labute approximate surface area is 230 Å². The molecule has 0 saturated carbocycles. The van der Waals surface area contributed by atoms with E-state index in [-0.39, 0.29) is 18.4 Å². The summed E-state index contributed by atoms with van der Waals surface area (Å²) in [6, 6.07) is 5.07. The Morgan fingerprint density at radius 2 is 1.85 bits per heavy atom. The first-order valence-electron chi connectivity index (χ1n) is 14.3. The Kier molecular flexibility index (Phi) is 7.71. The molecule has 2 amide bonds. The fourth-order valence-corrected chi connectivity index (χ4v) is 6.90. The number of anilines is 1. The lowest BCUT2D eigenvalue weighted by Crippen LogP contribution is -2.56. The van der Waals surface area contributed by atoms with Crippen molar-refractivity contribution in [3.8, 4) is 0 Å². The summed E-state index contributed by atoms with van der Waals surface area (Å²) in [4.78, 5) is 45.9. The highest BCUT2D eigenvalue weighted by Gasteiger charge is 2.75. The highest BCUT2D eigenvalue weighted by atomic mass is 16.6. The number of carbonyl (C=O) groups excluding carboxylic acids is 3. The third-order valence-electron chi connectivity index (χ3n) is 8.85. The lowest BCUT2D eigenvalue weighted by Gasteiger charge is -2.38. The zero-order chi connectivity index (χ0) is 27.8. The van der Waals surface area contributed by atoms with E-state index >= 15 is 0 Å². The van der Waals surface area contributed by atoms with Crippen molar-refractivity contribution < 1.29 is 29.0 Å². The van der Waals surface area contributed by atoms with Crippen molar-refractivity contribution in [3.63, 3.8) is 0 Å². The molecule has 1 N–H and O–H groups in total. The van der Waals surface area contributed by atoms with Crippen LogP contribution in [0.15, 0.2) is 42.5 Å². The van der Waals surface area contributed by atoms with Gasteiger partial charge in [-0.05, 0) is 69.6 Å². The van der Waals surface area contributed by atoms with Crippen LogP contribution in [0.5, 0.6) is 0 Å². The van der Waals surface area contributed by atoms with Crippen molar-refractivity contribution in [2.24, 2.45) is 11.8 Å². The Hall–Kier alpha value is -2.97. The van der Waals surface area contributed by atoms with Crippen LogP contribution in [-0.2, 0) is 23.9 Å². The van der Waals surface area contributed by atoms with Gasteiger partial charge in [0, 0.05) is 25.4 Å². The second-order valence-electron chi connectivity index (χ2n) is 11.3. The smallest absolute Gasteiger partial charge is 0.313 e. The number of carbonyl (C=O) groups is 3. The van der Waals surface area contributed by atoms with Gasteiger partial charge in [-0.15, -0.1) is 0 Å². The minimum absolute atomic E-state index is 0.00107. The van der Waals surface area contributed by atoms with Crippen LogP contribution in [0, 0.1) is 25.7 Å². The Morgan fingerprint density at radius 1 is 1.03 bits per heavy atom. The molecule has 8 nitrogen and oxygen atoms in total. The van der Waals surface area contributed by atoms with Crippen molar-refractivity contribution in [3.05, 3.63) is 53.6 Å². The Morgan fingerprint density at radius 3 is 2.62 bits per heavy atom. The van der Waals surface area contributed by atoms with Crippen LogP contribution in [0.25, 0.3) is 0 Å². The number of unbranched alkanes of at least 4 members (excludes halogenated alkanes) is 1.